The first kappa shape index (κ1) is 10.0. The van der Waals surface area contributed by atoms with Gasteiger partial charge in [-0.1, -0.05) is 12.1 Å². The Morgan fingerprint density at radius 1 is 1.06 bits per heavy atom. The van der Waals surface area contributed by atoms with Crippen LogP contribution in [0.5, 0.6) is 5.75 Å². The topological polar surface area (TPSA) is 25.0 Å². The summed E-state index contributed by atoms with van der Waals surface area (Å²) in [7, 11) is 1.72. The molecule has 3 aromatic rings. The zero-order valence-corrected chi connectivity index (χ0v) is 10.4. The summed E-state index contributed by atoms with van der Waals surface area (Å²) in [6, 6.07) is 10.8. The van der Waals surface area contributed by atoms with Crippen LogP contribution >= 0.6 is 0 Å². The van der Waals surface area contributed by atoms with Crippen LogP contribution in [0.1, 0.15) is 17.5 Å². The molecule has 1 heterocycles. The minimum Gasteiger partial charge on any atom is -0.497 e. The second-order valence-electron chi connectivity index (χ2n) is 5.02. The van der Waals surface area contributed by atoms with Gasteiger partial charge >= 0.3 is 0 Å². The standard InChI is InChI=1S/C16H15NO/c1-18-11-6-8-15-14(9-11)13-7-5-10-3-2-4-12(10)16(13)17-15/h5-9,17H,2-4H2,1H3. The molecule has 1 aliphatic rings. The van der Waals surface area contributed by atoms with Gasteiger partial charge < -0.3 is 9.72 Å². The fraction of sp³-hybridized carbons (Fsp3) is 0.250. The molecule has 0 unspecified atom stereocenters. The number of aryl methyl sites for hydroxylation is 2. The molecule has 0 saturated carbocycles. The van der Waals surface area contributed by atoms with Gasteiger partial charge in [-0.3, -0.25) is 0 Å². The molecule has 0 amide bonds. The maximum Gasteiger partial charge on any atom is 0.119 e. The van der Waals surface area contributed by atoms with E-state index in [1.54, 1.807) is 7.11 Å². The third kappa shape index (κ3) is 1.23. The first-order valence-corrected chi connectivity index (χ1v) is 6.47. The van der Waals surface area contributed by atoms with Gasteiger partial charge in [0.15, 0.2) is 0 Å². The first-order valence-electron chi connectivity index (χ1n) is 6.47. The van der Waals surface area contributed by atoms with Crippen molar-refractivity contribution in [2.75, 3.05) is 7.11 Å². The summed E-state index contributed by atoms with van der Waals surface area (Å²) in [4.78, 5) is 3.57. The number of methoxy groups -OCH3 is 1. The Labute approximate surface area is 106 Å². The van der Waals surface area contributed by atoms with Crippen molar-refractivity contribution in [1.82, 2.24) is 4.98 Å². The molecule has 1 aliphatic carbocycles. The van der Waals surface area contributed by atoms with E-state index in [2.05, 4.69) is 29.2 Å². The Morgan fingerprint density at radius 3 is 2.89 bits per heavy atom. The summed E-state index contributed by atoms with van der Waals surface area (Å²) in [5, 5.41) is 2.59. The zero-order chi connectivity index (χ0) is 12.1. The second-order valence-corrected chi connectivity index (χ2v) is 5.02. The molecular weight excluding hydrogens is 222 g/mol. The van der Waals surface area contributed by atoms with Crippen LogP contribution < -0.4 is 4.74 Å². The lowest BCUT2D eigenvalue weighted by molar-refractivity contribution is 0.415. The molecule has 1 N–H and O–H groups in total. The fourth-order valence-electron chi connectivity index (χ4n) is 3.15. The van der Waals surface area contributed by atoms with Crippen molar-refractivity contribution < 1.29 is 4.74 Å². The van der Waals surface area contributed by atoms with E-state index in [4.69, 9.17) is 4.74 Å². The van der Waals surface area contributed by atoms with Gasteiger partial charge in [0, 0.05) is 21.8 Å². The highest BCUT2D eigenvalue weighted by atomic mass is 16.5. The van der Waals surface area contributed by atoms with Crippen molar-refractivity contribution in [3.05, 3.63) is 41.5 Å². The minimum atomic E-state index is 0.920. The lowest BCUT2D eigenvalue weighted by Crippen LogP contribution is -1.83. The Kier molecular flexibility index (Phi) is 1.95. The quantitative estimate of drug-likeness (QED) is 0.683. The average Bonchev–Trinajstić information content (AvgIpc) is 3.01. The van der Waals surface area contributed by atoms with Gasteiger partial charge in [-0.2, -0.15) is 0 Å². The second kappa shape index (κ2) is 3.52. The van der Waals surface area contributed by atoms with Crippen molar-refractivity contribution in [2.45, 2.75) is 19.3 Å². The van der Waals surface area contributed by atoms with E-state index < -0.39 is 0 Å². The van der Waals surface area contributed by atoms with Gasteiger partial charge in [-0.15, -0.1) is 0 Å². The number of ether oxygens (including phenoxy) is 1. The number of hydrogen-bond donors (Lipinski definition) is 1. The molecule has 0 atom stereocenters. The van der Waals surface area contributed by atoms with E-state index in [0.29, 0.717) is 0 Å². The minimum absolute atomic E-state index is 0.920. The zero-order valence-electron chi connectivity index (χ0n) is 10.4. The maximum absolute atomic E-state index is 5.32. The van der Waals surface area contributed by atoms with Crippen LogP contribution in [0, 0.1) is 0 Å². The Bertz CT molecular complexity index is 754. The monoisotopic (exact) mass is 237 g/mol. The lowest BCUT2D eigenvalue weighted by Gasteiger charge is -2.00. The van der Waals surface area contributed by atoms with Crippen LogP contribution in [0.2, 0.25) is 0 Å². The highest BCUT2D eigenvalue weighted by molar-refractivity contribution is 6.09. The van der Waals surface area contributed by atoms with E-state index in [1.807, 2.05) is 6.07 Å². The highest BCUT2D eigenvalue weighted by Gasteiger charge is 2.16. The fourth-order valence-corrected chi connectivity index (χ4v) is 3.15. The third-order valence-corrected chi connectivity index (χ3v) is 4.06. The van der Waals surface area contributed by atoms with Gasteiger partial charge in [0.2, 0.25) is 0 Å². The molecule has 18 heavy (non-hydrogen) atoms. The molecule has 0 radical (unpaired) electrons. The lowest BCUT2D eigenvalue weighted by atomic mass is 10.1. The molecule has 2 nitrogen and oxygen atoms in total. The first-order chi connectivity index (χ1) is 8.86. The summed E-state index contributed by atoms with van der Waals surface area (Å²) in [5.74, 6) is 0.920. The van der Waals surface area contributed by atoms with Gasteiger partial charge in [0.25, 0.3) is 0 Å². The molecule has 2 heteroatoms. The number of benzene rings is 2. The highest BCUT2D eigenvalue weighted by Crippen LogP contribution is 2.35. The molecule has 0 aliphatic heterocycles. The Hall–Kier alpha value is -1.96. The summed E-state index contributed by atoms with van der Waals surface area (Å²) in [5.41, 5.74) is 5.56. The van der Waals surface area contributed by atoms with Crippen LogP contribution in [0.3, 0.4) is 0 Å². The van der Waals surface area contributed by atoms with E-state index in [0.717, 1.165) is 5.75 Å². The molecule has 0 bridgehead atoms. The number of nitrogens with one attached hydrogen (secondary N) is 1. The van der Waals surface area contributed by atoms with Gasteiger partial charge in [0.05, 0.1) is 7.11 Å². The summed E-state index contributed by atoms with van der Waals surface area (Å²) >= 11 is 0. The summed E-state index contributed by atoms with van der Waals surface area (Å²) in [6.07, 6.45) is 3.72. The number of H-pyrrole nitrogens is 1. The molecule has 90 valence electrons. The SMILES string of the molecule is COc1ccc2[nH]c3c4c(ccc3c2c1)CCC4. The van der Waals surface area contributed by atoms with E-state index in [9.17, 15) is 0 Å². The van der Waals surface area contributed by atoms with Crippen LogP contribution in [-0.4, -0.2) is 12.1 Å². The third-order valence-electron chi connectivity index (χ3n) is 4.06. The van der Waals surface area contributed by atoms with Crippen LogP contribution in [0.25, 0.3) is 21.8 Å². The van der Waals surface area contributed by atoms with Crippen molar-refractivity contribution in [3.63, 3.8) is 0 Å². The van der Waals surface area contributed by atoms with E-state index in [-0.39, 0.29) is 0 Å². The Morgan fingerprint density at radius 2 is 2.00 bits per heavy atom. The number of fused-ring (bicyclic) bond motifs is 5. The van der Waals surface area contributed by atoms with E-state index in [1.165, 1.54) is 52.2 Å². The number of rotatable bonds is 1. The number of aromatic amines is 1. The molecule has 0 saturated heterocycles. The molecule has 0 fully saturated rings. The van der Waals surface area contributed by atoms with Gasteiger partial charge in [-0.25, -0.2) is 0 Å². The molecule has 4 rings (SSSR count). The predicted molar refractivity (Wildman–Crippen MR) is 74.4 cm³/mol. The van der Waals surface area contributed by atoms with Crippen molar-refractivity contribution in [2.24, 2.45) is 0 Å². The average molecular weight is 237 g/mol. The van der Waals surface area contributed by atoms with Gasteiger partial charge in [-0.05, 0) is 48.6 Å². The number of hydrogen-bond acceptors (Lipinski definition) is 1. The largest absolute Gasteiger partial charge is 0.497 e. The maximum atomic E-state index is 5.32. The van der Waals surface area contributed by atoms with E-state index >= 15 is 0 Å². The van der Waals surface area contributed by atoms with Crippen molar-refractivity contribution in [3.8, 4) is 5.75 Å². The smallest absolute Gasteiger partial charge is 0.119 e. The Balaban J connectivity index is 2.13. The van der Waals surface area contributed by atoms with Crippen molar-refractivity contribution >= 4 is 21.8 Å². The number of aromatic nitrogens is 1. The summed E-state index contributed by atoms with van der Waals surface area (Å²) in [6.45, 7) is 0. The molecule has 2 aromatic carbocycles. The van der Waals surface area contributed by atoms with Crippen LogP contribution in [-0.2, 0) is 12.8 Å². The van der Waals surface area contributed by atoms with Crippen LogP contribution in [0.15, 0.2) is 30.3 Å². The summed E-state index contributed by atoms with van der Waals surface area (Å²) < 4.78 is 5.32. The molecule has 0 spiro atoms. The van der Waals surface area contributed by atoms with Crippen LogP contribution in [0.4, 0.5) is 0 Å². The molecule has 1 aromatic heterocycles. The van der Waals surface area contributed by atoms with Gasteiger partial charge in [0.1, 0.15) is 5.75 Å². The van der Waals surface area contributed by atoms with Crippen molar-refractivity contribution in [1.29, 1.82) is 0 Å². The molecular formula is C16H15NO. The predicted octanol–water partition coefficient (Wildman–Crippen LogP) is 3.82. The normalized spacial score (nSPS) is 14.3.